The van der Waals surface area contributed by atoms with E-state index in [2.05, 4.69) is 24.3 Å². The van der Waals surface area contributed by atoms with E-state index >= 15 is 0 Å². The number of aliphatic hydroxyl groups is 1. The van der Waals surface area contributed by atoms with Crippen LogP contribution in [0, 0.1) is 5.82 Å². The number of methoxy groups -OCH3 is 1. The van der Waals surface area contributed by atoms with Crippen molar-refractivity contribution in [3.05, 3.63) is 89.2 Å². The summed E-state index contributed by atoms with van der Waals surface area (Å²) in [6.07, 6.45) is 2.86. The molecule has 2 heterocycles. The Morgan fingerprint density at radius 2 is 1.61 bits per heavy atom. The predicted octanol–water partition coefficient (Wildman–Crippen LogP) is 5.99. The van der Waals surface area contributed by atoms with E-state index in [4.69, 9.17) is 9.47 Å². The lowest BCUT2D eigenvalue weighted by atomic mass is 9.72. The van der Waals surface area contributed by atoms with Crippen LogP contribution in [0.1, 0.15) is 54.7 Å². The zero-order chi connectivity index (χ0) is 24.9. The van der Waals surface area contributed by atoms with Crippen molar-refractivity contribution < 1.29 is 23.8 Å². The molecule has 2 unspecified atom stereocenters. The predicted molar refractivity (Wildman–Crippen MR) is 134 cm³/mol. The highest BCUT2D eigenvalue weighted by molar-refractivity contribution is 5.79. The van der Waals surface area contributed by atoms with E-state index in [1.165, 1.54) is 41.5 Å². The minimum atomic E-state index is -1.26. The van der Waals surface area contributed by atoms with Crippen LogP contribution in [0.2, 0.25) is 0 Å². The minimum absolute atomic E-state index is 0.000492. The molecular weight excluding hydrogens is 457 g/mol. The second kappa shape index (κ2) is 8.93. The van der Waals surface area contributed by atoms with Crippen molar-refractivity contribution in [2.75, 3.05) is 13.7 Å². The second-order valence-electron chi connectivity index (χ2n) is 10.2. The molecule has 2 bridgehead atoms. The first kappa shape index (κ1) is 23.0. The van der Waals surface area contributed by atoms with Crippen molar-refractivity contribution in [3.63, 3.8) is 0 Å². The maximum atomic E-state index is 14.1. The summed E-state index contributed by atoms with van der Waals surface area (Å²) in [5, 5.41) is 11.7. The average Bonchev–Trinajstić information content (AvgIpc) is 3.20. The summed E-state index contributed by atoms with van der Waals surface area (Å²) in [7, 11) is 1.52. The van der Waals surface area contributed by atoms with Gasteiger partial charge in [-0.15, -0.1) is 0 Å². The summed E-state index contributed by atoms with van der Waals surface area (Å²) in [5.41, 5.74) is 3.93. The first-order chi connectivity index (χ1) is 17.5. The van der Waals surface area contributed by atoms with Gasteiger partial charge < -0.3 is 19.5 Å². The summed E-state index contributed by atoms with van der Waals surface area (Å²) < 4.78 is 25.5. The van der Waals surface area contributed by atoms with Gasteiger partial charge in [0.2, 0.25) is 0 Å². The third-order valence-corrected chi connectivity index (χ3v) is 8.22. The standard InChI is InChI=1S/C30H30FNO4/c1-35-28-14-13-19(31)15-27(28)30(34)16-20-7-6-8-21(17-30)32(20)29(33)36-18-26-24-11-4-2-9-22(24)23-10-3-5-12-25(23)26/h2-5,9-15,20-21,26,34H,6-8,16-18H2,1H3. The van der Waals surface area contributed by atoms with E-state index in [9.17, 15) is 14.3 Å². The topological polar surface area (TPSA) is 59.0 Å². The number of rotatable bonds is 4. The number of ether oxygens (including phenoxy) is 2. The summed E-state index contributed by atoms with van der Waals surface area (Å²) in [6.45, 7) is 0.269. The first-order valence-corrected chi connectivity index (χ1v) is 12.7. The molecule has 0 radical (unpaired) electrons. The third-order valence-electron chi connectivity index (χ3n) is 8.22. The van der Waals surface area contributed by atoms with E-state index in [-0.39, 0.29) is 30.7 Å². The van der Waals surface area contributed by atoms with Crippen molar-refractivity contribution >= 4 is 6.09 Å². The molecule has 36 heavy (non-hydrogen) atoms. The Morgan fingerprint density at radius 3 is 2.22 bits per heavy atom. The van der Waals surface area contributed by atoms with E-state index in [0.717, 1.165) is 19.3 Å². The van der Waals surface area contributed by atoms with Gasteiger partial charge in [0.05, 0.1) is 12.7 Å². The highest BCUT2D eigenvalue weighted by Gasteiger charge is 2.50. The molecule has 1 aliphatic carbocycles. The van der Waals surface area contributed by atoms with Crippen LogP contribution >= 0.6 is 0 Å². The Morgan fingerprint density at radius 1 is 1.00 bits per heavy atom. The second-order valence-corrected chi connectivity index (χ2v) is 10.2. The molecule has 1 amide bonds. The van der Waals surface area contributed by atoms with Gasteiger partial charge in [0, 0.05) is 36.4 Å². The number of benzene rings is 3. The number of carbonyl (C=O) groups excluding carboxylic acids is 1. The van der Waals surface area contributed by atoms with Crippen LogP contribution in [-0.4, -0.2) is 41.9 Å². The molecule has 2 aliphatic heterocycles. The number of nitrogens with zero attached hydrogens (tertiary/aromatic N) is 1. The van der Waals surface area contributed by atoms with Gasteiger partial charge in [-0.25, -0.2) is 9.18 Å². The molecule has 2 atom stereocenters. The molecule has 2 saturated heterocycles. The fourth-order valence-electron chi connectivity index (χ4n) is 6.66. The molecule has 0 saturated carbocycles. The van der Waals surface area contributed by atoms with Crippen molar-refractivity contribution in [1.82, 2.24) is 4.90 Å². The lowest BCUT2D eigenvalue weighted by molar-refractivity contribution is -0.0900. The van der Waals surface area contributed by atoms with Gasteiger partial charge in [0.15, 0.2) is 0 Å². The summed E-state index contributed by atoms with van der Waals surface area (Å²) in [6, 6.07) is 20.5. The van der Waals surface area contributed by atoms with Gasteiger partial charge in [-0.3, -0.25) is 0 Å². The fourth-order valence-corrected chi connectivity index (χ4v) is 6.66. The Hall–Kier alpha value is -3.38. The zero-order valence-electron chi connectivity index (χ0n) is 20.3. The lowest BCUT2D eigenvalue weighted by Gasteiger charge is -2.51. The Bertz CT molecular complexity index is 1250. The maximum absolute atomic E-state index is 14.1. The van der Waals surface area contributed by atoms with Gasteiger partial charge in [-0.05, 0) is 59.7 Å². The summed E-state index contributed by atoms with van der Waals surface area (Å²) >= 11 is 0. The summed E-state index contributed by atoms with van der Waals surface area (Å²) in [4.78, 5) is 15.3. The molecule has 0 spiro atoms. The van der Waals surface area contributed by atoms with Gasteiger partial charge in [-0.1, -0.05) is 48.5 Å². The molecule has 0 aromatic heterocycles. The smallest absolute Gasteiger partial charge is 0.410 e. The highest BCUT2D eigenvalue weighted by Crippen LogP contribution is 2.48. The molecule has 3 aromatic carbocycles. The largest absolute Gasteiger partial charge is 0.496 e. The number of hydrogen-bond acceptors (Lipinski definition) is 4. The lowest BCUT2D eigenvalue weighted by Crippen LogP contribution is -2.59. The number of piperidine rings is 2. The molecule has 186 valence electrons. The molecule has 3 aromatic rings. The Kier molecular flexibility index (Phi) is 5.72. The normalized spacial score (nSPS) is 24.7. The van der Waals surface area contributed by atoms with Gasteiger partial charge in [0.1, 0.15) is 18.2 Å². The van der Waals surface area contributed by atoms with Crippen molar-refractivity contribution in [2.45, 2.75) is 55.7 Å². The zero-order valence-corrected chi connectivity index (χ0v) is 20.3. The van der Waals surface area contributed by atoms with E-state index in [1.54, 1.807) is 6.07 Å². The van der Waals surface area contributed by atoms with Crippen molar-refractivity contribution in [1.29, 1.82) is 0 Å². The number of amides is 1. The van der Waals surface area contributed by atoms with Gasteiger partial charge >= 0.3 is 6.09 Å². The average molecular weight is 488 g/mol. The highest BCUT2D eigenvalue weighted by atomic mass is 19.1. The summed E-state index contributed by atoms with van der Waals surface area (Å²) in [5.74, 6) is 0.0504. The van der Waals surface area contributed by atoms with E-state index < -0.39 is 11.4 Å². The van der Waals surface area contributed by atoms with Crippen LogP contribution in [0.3, 0.4) is 0 Å². The Labute approximate surface area is 210 Å². The maximum Gasteiger partial charge on any atom is 0.410 e. The van der Waals surface area contributed by atoms with Crippen LogP contribution in [-0.2, 0) is 10.3 Å². The molecular formula is C30H30FNO4. The molecule has 5 nitrogen and oxygen atoms in total. The molecule has 6 rings (SSSR count). The van der Waals surface area contributed by atoms with Crippen LogP contribution < -0.4 is 4.74 Å². The Balaban J connectivity index is 1.22. The van der Waals surface area contributed by atoms with Crippen molar-refractivity contribution in [3.8, 4) is 16.9 Å². The molecule has 6 heteroatoms. The van der Waals surface area contributed by atoms with Crippen molar-refractivity contribution in [2.24, 2.45) is 0 Å². The van der Waals surface area contributed by atoms with E-state index in [1.807, 2.05) is 29.2 Å². The fraction of sp³-hybridized carbons (Fsp3) is 0.367. The van der Waals surface area contributed by atoms with Crippen LogP contribution in [0.4, 0.5) is 9.18 Å². The number of halogens is 1. The number of fused-ring (bicyclic) bond motifs is 5. The third kappa shape index (κ3) is 3.75. The van der Waals surface area contributed by atoms with Crippen LogP contribution in [0.25, 0.3) is 11.1 Å². The van der Waals surface area contributed by atoms with Gasteiger partial charge in [-0.2, -0.15) is 0 Å². The SMILES string of the molecule is COc1ccc(F)cc1C1(O)CC2CCCC(C1)N2C(=O)OCC1c2ccccc2-c2ccccc21. The van der Waals surface area contributed by atoms with E-state index in [0.29, 0.717) is 24.2 Å². The van der Waals surface area contributed by atoms with Crippen LogP contribution in [0.15, 0.2) is 66.7 Å². The molecule has 1 N–H and O–H groups in total. The van der Waals surface area contributed by atoms with Gasteiger partial charge in [0.25, 0.3) is 0 Å². The number of hydrogen-bond donors (Lipinski definition) is 1. The number of carbonyl (C=O) groups is 1. The monoisotopic (exact) mass is 487 g/mol. The van der Waals surface area contributed by atoms with Crippen LogP contribution in [0.5, 0.6) is 5.75 Å². The minimum Gasteiger partial charge on any atom is -0.496 e. The molecule has 2 fully saturated rings. The first-order valence-electron chi connectivity index (χ1n) is 12.7. The quantitative estimate of drug-likeness (QED) is 0.491. The molecule has 3 aliphatic rings.